The lowest BCUT2D eigenvalue weighted by molar-refractivity contribution is -0.150. The normalized spacial score (nSPS) is 12.2. The molecule has 0 aliphatic heterocycles. The summed E-state index contributed by atoms with van der Waals surface area (Å²) in [5, 5.41) is 10.3. The van der Waals surface area contributed by atoms with E-state index in [4.69, 9.17) is 21.5 Å². The van der Waals surface area contributed by atoms with E-state index in [0.29, 0.717) is 5.69 Å². The number of benzene rings is 2. The fraction of sp³-hybridized carbons (Fsp3) is 0.250. The molecule has 0 saturated carbocycles. The first-order chi connectivity index (χ1) is 14.5. The number of carbonyl (C=O) groups excluding carboxylic acids is 3. The molecule has 0 radical (unpaired) electrons. The second-order valence-corrected chi connectivity index (χ2v) is 8.87. The van der Waals surface area contributed by atoms with Gasteiger partial charge in [-0.1, -0.05) is 37.6 Å². The molecule has 9 nitrogen and oxygen atoms in total. The molecule has 166 valence electrons. The van der Waals surface area contributed by atoms with Gasteiger partial charge in [-0.15, -0.1) is 0 Å². The van der Waals surface area contributed by atoms with Crippen molar-refractivity contribution in [3.8, 4) is 0 Å². The van der Waals surface area contributed by atoms with Crippen LogP contribution in [0.1, 0.15) is 24.2 Å². The summed E-state index contributed by atoms with van der Waals surface area (Å²) in [7, 11) is -3.84. The molecule has 0 heterocycles. The number of primary sulfonamides is 1. The van der Waals surface area contributed by atoms with Crippen molar-refractivity contribution >= 4 is 45.1 Å². The number of ether oxygens (including phenoxy) is 1. The fourth-order valence-corrected chi connectivity index (χ4v) is 3.25. The average Bonchev–Trinajstić information content (AvgIpc) is 2.70. The molecule has 0 aliphatic carbocycles. The first-order valence-electron chi connectivity index (χ1n) is 9.13. The molecule has 2 aromatic carbocycles. The molecule has 2 amide bonds. The van der Waals surface area contributed by atoms with Crippen LogP contribution in [-0.4, -0.2) is 38.9 Å². The Balaban J connectivity index is 1.94. The van der Waals surface area contributed by atoms with Crippen molar-refractivity contribution in [2.45, 2.75) is 24.8 Å². The van der Waals surface area contributed by atoms with Crippen LogP contribution in [0.3, 0.4) is 0 Å². The number of sulfonamides is 1. The standard InChI is InChI=1S/C20H22ClN3O6S/c1-12(2)18(24-19(26)15-5-3-4-6-16(15)21)20(27)30-11-17(25)23-13-7-9-14(10-8-13)31(22,28)29/h3-10,12,18H,11H2,1-2H3,(H,23,25)(H,24,26)(H2,22,28,29). The van der Waals surface area contributed by atoms with Crippen LogP contribution in [0.2, 0.25) is 5.02 Å². The van der Waals surface area contributed by atoms with E-state index in [1.165, 1.54) is 30.3 Å². The number of carbonyl (C=O) groups is 3. The van der Waals surface area contributed by atoms with Gasteiger partial charge in [0.15, 0.2) is 6.61 Å². The maximum atomic E-state index is 12.4. The molecule has 1 unspecified atom stereocenters. The van der Waals surface area contributed by atoms with Gasteiger partial charge in [0.25, 0.3) is 11.8 Å². The van der Waals surface area contributed by atoms with Crippen LogP contribution in [0.15, 0.2) is 53.4 Å². The third kappa shape index (κ3) is 7.06. The molecule has 0 spiro atoms. The maximum Gasteiger partial charge on any atom is 0.329 e. The molecule has 31 heavy (non-hydrogen) atoms. The maximum absolute atomic E-state index is 12.4. The van der Waals surface area contributed by atoms with E-state index >= 15 is 0 Å². The van der Waals surface area contributed by atoms with E-state index in [1.54, 1.807) is 32.0 Å². The number of rotatable bonds is 8. The second kappa shape index (κ2) is 10.4. The van der Waals surface area contributed by atoms with Crippen molar-refractivity contribution in [3.63, 3.8) is 0 Å². The van der Waals surface area contributed by atoms with Gasteiger partial charge in [0, 0.05) is 5.69 Å². The minimum Gasteiger partial charge on any atom is -0.454 e. The summed E-state index contributed by atoms with van der Waals surface area (Å²) in [4.78, 5) is 36.8. The summed E-state index contributed by atoms with van der Waals surface area (Å²) in [5.74, 6) is -2.28. The number of halogens is 1. The van der Waals surface area contributed by atoms with Gasteiger partial charge in [-0.3, -0.25) is 9.59 Å². The molecule has 11 heteroatoms. The highest BCUT2D eigenvalue weighted by Crippen LogP contribution is 2.16. The van der Waals surface area contributed by atoms with Crippen molar-refractivity contribution in [2.24, 2.45) is 11.1 Å². The Hall–Kier alpha value is -2.95. The smallest absolute Gasteiger partial charge is 0.329 e. The SMILES string of the molecule is CC(C)C(NC(=O)c1ccccc1Cl)C(=O)OCC(=O)Nc1ccc(S(N)(=O)=O)cc1. The van der Waals surface area contributed by atoms with Crippen LogP contribution in [0, 0.1) is 5.92 Å². The van der Waals surface area contributed by atoms with Gasteiger partial charge < -0.3 is 15.4 Å². The van der Waals surface area contributed by atoms with Crippen LogP contribution in [0.5, 0.6) is 0 Å². The van der Waals surface area contributed by atoms with Gasteiger partial charge in [0.1, 0.15) is 6.04 Å². The molecular formula is C20H22ClN3O6S. The minimum absolute atomic E-state index is 0.106. The van der Waals surface area contributed by atoms with E-state index in [-0.39, 0.29) is 21.4 Å². The van der Waals surface area contributed by atoms with Crippen molar-refractivity contribution < 1.29 is 27.5 Å². The molecule has 4 N–H and O–H groups in total. The Morgan fingerprint density at radius 3 is 2.23 bits per heavy atom. The molecule has 0 aliphatic rings. The fourth-order valence-electron chi connectivity index (χ4n) is 2.51. The summed E-state index contributed by atoms with van der Waals surface area (Å²) in [6, 6.07) is 10.6. The van der Waals surface area contributed by atoms with Crippen molar-refractivity contribution in [1.82, 2.24) is 5.32 Å². The Morgan fingerprint density at radius 1 is 1.06 bits per heavy atom. The van der Waals surface area contributed by atoms with E-state index in [0.717, 1.165) is 0 Å². The largest absolute Gasteiger partial charge is 0.454 e. The number of nitrogens with two attached hydrogens (primary N) is 1. The number of amides is 2. The van der Waals surface area contributed by atoms with Crippen LogP contribution < -0.4 is 15.8 Å². The summed E-state index contributed by atoms with van der Waals surface area (Å²) < 4.78 is 27.5. The highest BCUT2D eigenvalue weighted by Gasteiger charge is 2.27. The quantitative estimate of drug-likeness (QED) is 0.506. The minimum atomic E-state index is -3.84. The Morgan fingerprint density at radius 2 is 1.68 bits per heavy atom. The summed E-state index contributed by atoms with van der Waals surface area (Å²) in [6.45, 7) is 2.83. The number of hydrogen-bond acceptors (Lipinski definition) is 6. The zero-order valence-electron chi connectivity index (χ0n) is 16.8. The predicted octanol–water partition coefficient (Wildman–Crippen LogP) is 1.92. The number of anilines is 1. The summed E-state index contributed by atoms with van der Waals surface area (Å²) in [6.07, 6.45) is 0. The third-order valence-electron chi connectivity index (χ3n) is 4.14. The molecule has 1 atom stereocenters. The summed E-state index contributed by atoms with van der Waals surface area (Å²) in [5.41, 5.74) is 0.504. The van der Waals surface area contributed by atoms with Crippen LogP contribution in [0.4, 0.5) is 5.69 Å². The second-order valence-electron chi connectivity index (χ2n) is 6.90. The van der Waals surface area contributed by atoms with Gasteiger partial charge in [-0.2, -0.15) is 0 Å². The molecule has 0 aromatic heterocycles. The van der Waals surface area contributed by atoms with Gasteiger partial charge in [-0.25, -0.2) is 18.4 Å². The highest BCUT2D eigenvalue weighted by atomic mass is 35.5. The topological polar surface area (TPSA) is 145 Å². The Bertz CT molecular complexity index is 1070. The Labute approximate surface area is 185 Å². The molecule has 0 bridgehead atoms. The number of hydrogen-bond donors (Lipinski definition) is 3. The molecule has 0 fully saturated rings. The van der Waals surface area contributed by atoms with E-state index < -0.39 is 40.5 Å². The van der Waals surface area contributed by atoms with Gasteiger partial charge in [0.05, 0.1) is 15.5 Å². The number of nitrogens with one attached hydrogen (secondary N) is 2. The van der Waals surface area contributed by atoms with Crippen molar-refractivity contribution in [1.29, 1.82) is 0 Å². The first kappa shape index (κ1) is 24.3. The number of esters is 1. The average molecular weight is 468 g/mol. The van der Waals surface area contributed by atoms with Gasteiger partial charge in [-0.05, 0) is 42.3 Å². The van der Waals surface area contributed by atoms with E-state index in [2.05, 4.69) is 10.6 Å². The lowest BCUT2D eigenvalue weighted by atomic mass is 10.0. The zero-order chi connectivity index (χ0) is 23.2. The highest BCUT2D eigenvalue weighted by molar-refractivity contribution is 7.89. The monoisotopic (exact) mass is 467 g/mol. The Kier molecular flexibility index (Phi) is 8.14. The predicted molar refractivity (Wildman–Crippen MR) is 115 cm³/mol. The summed E-state index contributed by atoms with van der Waals surface area (Å²) >= 11 is 6.01. The third-order valence-corrected chi connectivity index (χ3v) is 5.40. The van der Waals surface area contributed by atoms with Crippen LogP contribution in [-0.2, 0) is 24.3 Å². The first-order valence-corrected chi connectivity index (χ1v) is 11.1. The molecule has 2 aromatic rings. The van der Waals surface area contributed by atoms with E-state index in [1.807, 2.05) is 0 Å². The van der Waals surface area contributed by atoms with Gasteiger partial charge in [0.2, 0.25) is 10.0 Å². The van der Waals surface area contributed by atoms with Crippen molar-refractivity contribution in [3.05, 3.63) is 59.1 Å². The molecule has 0 saturated heterocycles. The molecule has 2 rings (SSSR count). The van der Waals surface area contributed by atoms with Crippen LogP contribution in [0.25, 0.3) is 0 Å². The lowest BCUT2D eigenvalue weighted by Crippen LogP contribution is -2.46. The van der Waals surface area contributed by atoms with Gasteiger partial charge >= 0.3 is 5.97 Å². The zero-order valence-corrected chi connectivity index (χ0v) is 18.4. The van der Waals surface area contributed by atoms with Crippen molar-refractivity contribution in [2.75, 3.05) is 11.9 Å². The lowest BCUT2D eigenvalue weighted by Gasteiger charge is -2.21. The van der Waals surface area contributed by atoms with E-state index in [9.17, 15) is 22.8 Å². The van der Waals surface area contributed by atoms with Crippen LogP contribution >= 0.6 is 11.6 Å². The molecular weight excluding hydrogens is 446 g/mol.